The molecule has 1 saturated heterocycles. The molecule has 2 fully saturated rings. The van der Waals surface area contributed by atoms with Crippen LogP contribution in [-0.4, -0.2) is 53.8 Å². The Kier molecular flexibility index (Phi) is 9.99. The predicted octanol–water partition coefficient (Wildman–Crippen LogP) is 3.29. The zero-order valence-corrected chi connectivity index (χ0v) is 19.5. The topological polar surface area (TPSA) is 89.0 Å². The van der Waals surface area contributed by atoms with Crippen LogP contribution in [0.4, 0.5) is 10.5 Å². The summed E-state index contributed by atoms with van der Waals surface area (Å²) >= 11 is 0. The smallest absolute Gasteiger partial charge is 0.321 e. The van der Waals surface area contributed by atoms with Gasteiger partial charge in [0, 0.05) is 31.4 Å². The third kappa shape index (κ3) is 7.65. The normalized spacial score (nSPS) is 22.0. The molecule has 2 amide bonds. The zero-order chi connectivity index (χ0) is 19.8. The summed E-state index contributed by atoms with van der Waals surface area (Å²) in [6, 6.07) is 8.21. The van der Waals surface area contributed by atoms with E-state index < -0.39 is 0 Å². The maximum absolute atomic E-state index is 12.3. The number of nitrogens with one attached hydrogen (secondary N) is 3. The molecule has 1 aromatic carbocycles. The average Bonchev–Trinajstić information content (AvgIpc) is 3.23. The zero-order valence-electron chi connectivity index (χ0n) is 17.2. The van der Waals surface area contributed by atoms with E-state index >= 15 is 0 Å². The first-order valence-corrected chi connectivity index (χ1v) is 10.5. The molecule has 0 radical (unpaired) electrons. The molecule has 0 atom stereocenters. The van der Waals surface area contributed by atoms with Crippen molar-refractivity contribution < 1.29 is 9.90 Å². The molecule has 8 heteroatoms. The van der Waals surface area contributed by atoms with Crippen LogP contribution in [0.2, 0.25) is 0 Å². The summed E-state index contributed by atoms with van der Waals surface area (Å²) in [6.45, 7) is 5.07. The lowest BCUT2D eigenvalue weighted by Gasteiger charge is -2.27. The van der Waals surface area contributed by atoms with Crippen LogP contribution in [0.1, 0.15) is 51.0 Å². The molecule has 0 aromatic heterocycles. The number of aliphatic imine (C=N–C) groups is 1. The molecule has 7 nitrogen and oxygen atoms in total. The molecular weight excluding hydrogens is 481 g/mol. The van der Waals surface area contributed by atoms with Gasteiger partial charge in [0.25, 0.3) is 0 Å². The van der Waals surface area contributed by atoms with Crippen molar-refractivity contribution in [2.24, 2.45) is 4.99 Å². The highest BCUT2D eigenvalue weighted by Gasteiger charge is 2.20. The van der Waals surface area contributed by atoms with Crippen molar-refractivity contribution in [2.75, 3.05) is 25.0 Å². The van der Waals surface area contributed by atoms with Crippen molar-refractivity contribution in [3.63, 3.8) is 0 Å². The lowest BCUT2D eigenvalue weighted by atomic mass is 9.93. The summed E-state index contributed by atoms with van der Waals surface area (Å²) in [5.41, 5.74) is 1.86. The summed E-state index contributed by atoms with van der Waals surface area (Å²) in [7, 11) is 0. The first-order valence-electron chi connectivity index (χ1n) is 10.5. The Morgan fingerprint density at radius 2 is 1.93 bits per heavy atom. The number of hydrogen-bond donors (Lipinski definition) is 4. The van der Waals surface area contributed by atoms with Gasteiger partial charge in [0.2, 0.25) is 0 Å². The Hall–Kier alpha value is -1.55. The second kappa shape index (κ2) is 12.2. The van der Waals surface area contributed by atoms with Crippen molar-refractivity contribution in [3.05, 3.63) is 29.8 Å². The average molecular weight is 515 g/mol. The summed E-state index contributed by atoms with van der Waals surface area (Å²) in [5, 5.41) is 19.4. The lowest BCUT2D eigenvalue weighted by Crippen LogP contribution is -2.45. The molecule has 3 rings (SSSR count). The number of carbonyl (C=O) groups excluding carboxylic acids is 1. The Morgan fingerprint density at radius 1 is 1.21 bits per heavy atom. The maximum Gasteiger partial charge on any atom is 0.321 e. The Morgan fingerprint density at radius 3 is 2.62 bits per heavy atom. The summed E-state index contributed by atoms with van der Waals surface area (Å²) in [5.74, 6) is 0.801. The number of carbonyl (C=O) groups is 1. The number of amides is 2. The number of hydrogen-bond acceptors (Lipinski definition) is 3. The van der Waals surface area contributed by atoms with Crippen molar-refractivity contribution in [3.8, 4) is 0 Å². The monoisotopic (exact) mass is 515 g/mol. The molecule has 0 unspecified atom stereocenters. The number of urea groups is 1. The lowest BCUT2D eigenvalue weighted by molar-refractivity contribution is 0.120. The SMILES string of the molecule is CCNC(=NCc1cccc(NC(=O)N2CCCC2)c1)NC1CCC(O)CC1.I. The molecule has 162 valence electrons. The largest absolute Gasteiger partial charge is 0.393 e. The van der Waals surface area contributed by atoms with Crippen LogP contribution in [-0.2, 0) is 6.54 Å². The third-order valence-corrected chi connectivity index (χ3v) is 5.37. The fourth-order valence-electron chi connectivity index (χ4n) is 3.77. The predicted molar refractivity (Wildman–Crippen MR) is 128 cm³/mol. The summed E-state index contributed by atoms with van der Waals surface area (Å²) < 4.78 is 0. The van der Waals surface area contributed by atoms with Crippen LogP contribution in [0.25, 0.3) is 0 Å². The highest BCUT2D eigenvalue weighted by Crippen LogP contribution is 2.18. The van der Waals surface area contributed by atoms with Crippen LogP contribution in [0.5, 0.6) is 0 Å². The van der Waals surface area contributed by atoms with Gasteiger partial charge in [-0.2, -0.15) is 0 Å². The standard InChI is InChI=1S/C21H33N5O2.HI/c1-2-22-20(24-17-8-10-19(27)11-9-17)23-15-16-6-5-7-18(14-16)25-21(28)26-12-3-4-13-26;/h5-7,14,17,19,27H,2-4,8-13,15H2,1H3,(H,25,28)(H2,22,23,24);1H. The molecule has 0 spiro atoms. The van der Waals surface area contributed by atoms with Gasteiger partial charge in [-0.25, -0.2) is 9.79 Å². The van der Waals surface area contributed by atoms with Crippen LogP contribution < -0.4 is 16.0 Å². The van der Waals surface area contributed by atoms with E-state index in [1.807, 2.05) is 29.2 Å². The second-order valence-corrected chi connectivity index (χ2v) is 7.67. The Labute approximate surface area is 190 Å². The fraction of sp³-hybridized carbons (Fsp3) is 0.619. The van der Waals surface area contributed by atoms with Crippen LogP contribution in [0.15, 0.2) is 29.3 Å². The van der Waals surface area contributed by atoms with Gasteiger partial charge in [0.05, 0.1) is 12.6 Å². The van der Waals surface area contributed by atoms with Gasteiger partial charge in [0.1, 0.15) is 0 Å². The van der Waals surface area contributed by atoms with Crippen LogP contribution in [0, 0.1) is 0 Å². The van der Waals surface area contributed by atoms with E-state index in [1.165, 1.54) is 0 Å². The molecule has 0 bridgehead atoms. The Bertz CT molecular complexity index is 671. The number of aliphatic hydroxyl groups is 1. The molecular formula is C21H34IN5O2. The number of nitrogens with zero attached hydrogens (tertiary/aromatic N) is 2. The number of likely N-dealkylation sites (tertiary alicyclic amines) is 1. The highest BCUT2D eigenvalue weighted by molar-refractivity contribution is 14.0. The van der Waals surface area contributed by atoms with Crippen LogP contribution in [0.3, 0.4) is 0 Å². The van der Waals surface area contributed by atoms with E-state index in [4.69, 9.17) is 4.99 Å². The number of aliphatic hydroxyl groups excluding tert-OH is 1. The van der Waals surface area contributed by atoms with Gasteiger partial charge in [-0.3, -0.25) is 0 Å². The fourth-order valence-corrected chi connectivity index (χ4v) is 3.77. The molecule has 1 heterocycles. The number of rotatable bonds is 5. The highest BCUT2D eigenvalue weighted by atomic mass is 127. The van der Waals surface area contributed by atoms with E-state index in [0.29, 0.717) is 12.6 Å². The van der Waals surface area contributed by atoms with Gasteiger partial charge in [-0.15, -0.1) is 24.0 Å². The molecule has 1 saturated carbocycles. The Balaban J connectivity index is 0.00000300. The van der Waals surface area contributed by atoms with Gasteiger partial charge in [-0.05, 0) is 63.1 Å². The number of anilines is 1. The number of halogens is 1. The van der Waals surface area contributed by atoms with Gasteiger partial charge in [-0.1, -0.05) is 12.1 Å². The van der Waals surface area contributed by atoms with Crippen LogP contribution >= 0.6 is 24.0 Å². The minimum atomic E-state index is -0.156. The molecule has 1 aliphatic heterocycles. The number of guanidine groups is 1. The molecule has 1 aromatic rings. The van der Waals surface area contributed by atoms with Gasteiger partial charge >= 0.3 is 6.03 Å². The maximum atomic E-state index is 12.3. The van der Waals surface area contributed by atoms with E-state index in [9.17, 15) is 9.90 Å². The van der Waals surface area contributed by atoms with Gasteiger partial charge in [0.15, 0.2) is 5.96 Å². The second-order valence-electron chi connectivity index (χ2n) is 7.67. The van der Waals surface area contributed by atoms with E-state index in [1.54, 1.807) is 0 Å². The van der Waals surface area contributed by atoms with Crippen molar-refractivity contribution >= 4 is 41.7 Å². The first kappa shape index (κ1) is 23.7. The minimum Gasteiger partial charge on any atom is -0.393 e. The van der Waals surface area contributed by atoms with Crippen molar-refractivity contribution in [2.45, 2.75) is 64.1 Å². The minimum absolute atomic E-state index is 0. The molecule has 2 aliphatic rings. The van der Waals surface area contributed by atoms with Crippen molar-refractivity contribution in [1.29, 1.82) is 0 Å². The molecule has 4 N–H and O–H groups in total. The van der Waals surface area contributed by atoms with Gasteiger partial charge < -0.3 is 26.0 Å². The third-order valence-electron chi connectivity index (χ3n) is 5.37. The van der Waals surface area contributed by atoms with E-state index in [2.05, 4.69) is 22.9 Å². The first-order chi connectivity index (χ1) is 13.6. The number of benzene rings is 1. The quantitative estimate of drug-likeness (QED) is 0.275. The van der Waals surface area contributed by atoms with Crippen molar-refractivity contribution in [1.82, 2.24) is 15.5 Å². The van der Waals surface area contributed by atoms with E-state index in [0.717, 1.165) is 75.4 Å². The molecule has 29 heavy (non-hydrogen) atoms. The van der Waals surface area contributed by atoms with E-state index in [-0.39, 0.29) is 36.1 Å². The summed E-state index contributed by atoms with van der Waals surface area (Å²) in [4.78, 5) is 18.8. The molecule has 1 aliphatic carbocycles. The summed E-state index contributed by atoms with van der Waals surface area (Å²) in [6.07, 6.45) is 5.62.